The molecule has 2 nitrogen and oxygen atoms in total. The van der Waals surface area contributed by atoms with Crippen molar-refractivity contribution in [1.29, 1.82) is 0 Å². The van der Waals surface area contributed by atoms with Gasteiger partial charge in [0, 0.05) is 26.9 Å². The second-order valence-corrected chi connectivity index (χ2v) is 4.30. The first kappa shape index (κ1) is 10.3. The van der Waals surface area contributed by atoms with Crippen molar-refractivity contribution < 1.29 is 4.79 Å². The summed E-state index contributed by atoms with van der Waals surface area (Å²) in [6, 6.07) is 0. The van der Waals surface area contributed by atoms with Gasteiger partial charge in [0.05, 0.1) is 5.33 Å². The van der Waals surface area contributed by atoms with Gasteiger partial charge in [-0.15, -0.1) is 0 Å². The van der Waals surface area contributed by atoms with Crippen LogP contribution in [0.25, 0.3) is 0 Å². The zero-order chi connectivity index (χ0) is 9.14. The number of carbonyl (C=O) groups excluding carboxylic acids is 1. The van der Waals surface area contributed by atoms with Crippen LogP contribution in [-0.4, -0.2) is 16.1 Å². The van der Waals surface area contributed by atoms with Crippen molar-refractivity contribution in [1.82, 2.24) is 4.98 Å². The highest BCUT2D eigenvalue weighted by atomic mass is 79.9. The van der Waals surface area contributed by atoms with Crippen molar-refractivity contribution in [3.8, 4) is 0 Å². The van der Waals surface area contributed by atoms with Crippen LogP contribution in [0.1, 0.15) is 10.4 Å². The van der Waals surface area contributed by atoms with E-state index >= 15 is 0 Å². The number of alkyl halides is 1. The van der Waals surface area contributed by atoms with Crippen molar-refractivity contribution in [2.45, 2.75) is 0 Å². The van der Waals surface area contributed by atoms with Gasteiger partial charge in [-0.2, -0.15) is 0 Å². The van der Waals surface area contributed by atoms with Gasteiger partial charge in [-0.1, -0.05) is 15.9 Å². The van der Waals surface area contributed by atoms with E-state index in [0.29, 0.717) is 19.8 Å². The highest BCUT2D eigenvalue weighted by Gasteiger charge is 2.12. The van der Waals surface area contributed by atoms with E-state index in [1.54, 1.807) is 12.4 Å². The van der Waals surface area contributed by atoms with Crippen LogP contribution in [0.4, 0.5) is 0 Å². The lowest BCUT2D eigenvalue weighted by Crippen LogP contribution is -2.02. The molecule has 1 aromatic heterocycles. The van der Waals surface area contributed by atoms with Crippen molar-refractivity contribution in [2.24, 2.45) is 0 Å². The van der Waals surface area contributed by atoms with Crippen LogP contribution in [0.15, 0.2) is 21.3 Å². The molecule has 1 rings (SSSR count). The summed E-state index contributed by atoms with van der Waals surface area (Å²) < 4.78 is 1.42. The summed E-state index contributed by atoms with van der Waals surface area (Å²) in [4.78, 5) is 15.2. The Bertz CT molecular complexity index is 293. The number of hydrogen-bond acceptors (Lipinski definition) is 2. The molecular weight excluding hydrogens is 354 g/mol. The first-order chi connectivity index (χ1) is 5.66. The second kappa shape index (κ2) is 4.48. The number of rotatable bonds is 2. The van der Waals surface area contributed by atoms with Gasteiger partial charge in [-0.25, -0.2) is 0 Å². The van der Waals surface area contributed by atoms with Gasteiger partial charge in [0.1, 0.15) is 0 Å². The lowest BCUT2D eigenvalue weighted by atomic mass is 10.2. The molecule has 64 valence electrons. The number of pyridine rings is 1. The number of halogens is 3. The SMILES string of the molecule is O=C(CBr)c1c(Br)cncc1Br. The van der Waals surface area contributed by atoms with Gasteiger partial charge in [0.25, 0.3) is 0 Å². The number of carbonyl (C=O) groups is 1. The summed E-state index contributed by atoms with van der Waals surface area (Å²) in [5.41, 5.74) is 0.627. The van der Waals surface area contributed by atoms with E-state index < -0.39 is 0 Å². The lowest BCUT2D eigenvalue weighted by Gasteiger charge is -2.02. The molecule has 0 aliphatic carbocycles. The Morgan fingerprint density at radius 2 is 1.83 bits per heavy atom. The molecule has 0 aromatic carbocycles. The minimum atomic E-state index is 0.0242. The summed E-state index contributed by atoms with van der Waals surface area (Å²) in [5.74, 6) is 0.0242. The summed E-state index contributed by atoms with van der Waals surface area (Å²) in [7, 11) is 0. The highest BCUT2D eigenvalue weighted by molar-refractivity contribution is 9.11. The van der Waals surface area contributed by atoms with Crippen LogP contribution >= 0.6 is 47.8 Å². The van der Waals surface area contributed by atoms with E-state index in [9.17, 15) is 4.79 Å². The number of ketones is 1. The van der Waals surface area contributed by atoms with Crippen LogP contribution in [0.3, 0.4) is 0 Å². The van der Waals surface area contributed by atoms with Crippen LogP contribution in [-0.2, 0) is 0 Å². The maximum atomic E-state index is 11.3. The first-order valence-corrected chi connectivity index (χ1v) is 5.75. The number of nitrogens with zero attached hydrogens (tertiary/aromatic N) is 1. The second-order valence-electron chi connectivity index (χ2n) is 2.03. The molecular formula is C7H4Br3NO. The molecule has 0 N–H and O–H groups in total. The first-order valence-electron chi connectivity index (χ1n) is 3.05. The van der Waals surface area contributed by atoms with E-state index in [2.05, 4.69) is 52.8 Å². The zero-order valence-electron chi connectivity index (χ0n) is 5.85. The van der Waals surface area contributed by atoms with Gasteiger partial charge in [0.2, 0.25) is 0 Å². The third-order valence-corrected chi connectivity index (χ3v) is 2.97. The van der Waals surface area contributed by atoms with Crippen molar-refractivity contribution in [3.63, 3.8) is 0 Å². The minimum Gasteiger partial charge on any atom is -0.293 e. The van der Waals surface area contributed by atoms with E-state index in [1.165, 1.54) is 0 Å². The number of Topliss-reactive ketones (excluding diaryl/α,β-unsaturated/α-hetero) is 1. The van der Waals surface area contributed by atoms with Crippen LogP contribution in [0.2, 0.25) is 0 Å². The Morgan fingerprint density at radius 1 is 1.33 bits per heavy atom. The largest absolute Gasteiger partial charge is 0.293 e. The molecule has 0 bridgehead atoms. The summed E-state index contributed by atoms with van der Waals surface area (Å²) in [5, 5.41) is 0.314. The van der Waals surface area contributed by atoms with E-state index in [-0.39, 0.29) is 5.78 Å². The molecule has 12 heavy (non-hydrogen) atoms. The molecule has 0 amide bonds. The smallest absolute Gasteiger partial charge is 0.175 e. The normalized spacial score (nSPS) is 9.92. The fourth-order valence-corrected chi connectivity index (χ4v) is 2.40. The summed E-state index contributed by atoms with van der Waals surface area (Å²) in [6.45, 7) is 0. The molecule has 0 atom stereocenters. The molecule has 0 aliphatic heterocycles. The summed E-state index contributed by atoms with van der Waals surface area (Å²) >= 11 is 9.62. The van der Waals surface area contributed by atoms with Gasteiger partial charge >= 0.3 is 0 Å². The van der Waals surface area contributed by atoms with Crippen LogP contribution < -0.4 is 0 Å². The molecule has 0 aliphatic rings. The average molecular weight is 358 g/mol. The molecule has 0 spiro atoms. The fourth-order valence-electron chi connectivity index (χ4n) is 0.745. The molecule has 0 saturated heterocycles. The Kier molecular flexibility index (Phi) is 3.86. The van der Waals surface area contributed by atoms with Crippen molar-refractivity contribution >= 4 is 53.6 Å². The van der Waals surface area contributed by atoms with Gasteiger partial charge < -0.3 is 0 Å². The minimum absolute atomic E-state index is 0.0242. The third kappa shape index (κ3) is 2.14. The Labute approximate surface area is 95.1 Å². The molecule has 0 radical (unpaired) electrons. The lowest BCUT2D eigenvalue weighted by molar-refractivity contribution is 0.102. The number of hydrogen-bond donors (Lipinski definition) is 0. The molecule has 5 heteroatoms. The third-order valence-electron chi connectivity index (χ3n) is 1.25. The standard InChI is InChI=1S/C7H4Br3NO/c8-1-6(12)7-4(9)2-11-3-5(7)10/h2-3H,1H2. The molecule has 0 fully saturated rings. The van der Waals surface area contributed by atoms with Crippen LogP contribution in [0.5, 0.6) is 0 Å². The van der Waals surface area contributed by atoms with Crippen molar-refractivity contribution in [2.75, 3.05) is 5.33 Å². The van der Waals surface area contributed by atoms with E-state index in [1.807, 2.05) is 0 Å². The Hall–Kier alpha value is 0.260. The predicted molar refractivity (Wildman–Crippen MR) is 57.8 cm³/mol. The fraction of sp³-hybridized carbons (Fsp3) is 0.143. The Morgan fingerprint density at radius 3 is 2.25 bits per heavy atom. The van der Waals surface area contributed by atoms with Crippen molar-refractivity contribution in [3.05, 3.63) is 26.9 Å². The van der Waals surface area contributed by atoms with Gasteiger partial charge in [-0.3, -0.25) is 9.78 Å². The van der Waals surface area contributed by atoms with E-state index in [0.717, 1.165) is 0 Å². The highest BCUT2D eigenvalue weighted by Crippen LogP contribution is 2.24. The molecule has 1 aromatic rings. The average Bonchev–Trinajstić information content (AvgIpc) is 2.03. The molecule has 0 unspecified atom stereocenters. The maximum absolute atomic E-state index is 11.3. The van der Waals surface area contributed by atoms with Gasteiger partial charge in [0.15, 0.2) is 5.78 Å². The van der Waals surface area contributed by atoms with Crippen LogP contribution in [0, 0.1) is 0 Å². The molecule has 0 saturated carbocycles. The monoisotopic (exact) mass is 355 g/mol. The van der Waals surface area contributed by atoms with E-state index in [4.69, 9.17) is 0 Å². The van der Waals surface area contributed by atoms with Gasteiger partial charge in [-0.05, 0) is 31.9 Å². The predicted octanol–water partition coefficient (Wildman–Crippen LogP) is 3.18. The summed E-state index contributed by atoms with van der Waals surface area (Å²) in [6.07, 6.45) is 3.20. The maximum Gasteiger partial charge on any atom is 0.175 e. The number of aromatic nitrogens is 1. The zero-order valence-corrected chi connectivity index (χ0v) is 10.6. The molecule has 1 heterocycles. The topological polar surface area (TPSA) is 30.0 Å². The Balaban J connectivity index is 3.21. The quantitative estimate of drug-likeness (QED) is 0.601.